The molecule has 7 heteroatoms. The summed E-state index contributed by atoms with van der Waals surface area (Å²) >= 11 is 0. The fourth-order valence-electron chi connectivity index (χ4n) is 1.57. The van der Waals surface area contributed by atoms with E-state index in [2.05, 4.69) is 0 Å². The maximum Gasteiger partial charge on any atom is 0.108 e. The van der Waals surface area contributed by atoms with E-state index in [0.717, 1.165) is 0 Å². The third kappa shape index (κ3) is 7.13. The highest BCUT2D eigenvalue weighted by molar-refractivity contribution is 7.85. The summed E-state index contributed by atoms with van der Waals surface area (Å²) in [5.41, 5.74) is 0. The van der Waals surface area contributed by atoms with Crippen molar-refractivity contribution < 1.29 is 23.2 Å². The summed E-state index contributed by atoms with van der Waals surface area (Å²) < 4.78 is 32.0. The van der Waals surface area contributed by atoms with Gasteiger partial charge in [0.1, 0.15) is 10.1 Å². The highest BCUT2D eigenvalue weighted by atomic mass is 32.2. The van der Waals surface area contributed by atoms with Crippen molar-refractivity contribution in [1.29, 1.82) is 0 Å². The Hall–Kier alpha value is -0.210. The first-order chi connectivity index (χ1) is 7.30. The molecule has 0 saturated heterocycles. The Balaban J connectivity index is 4.58. The van der Waals surface area contributed by atoms with Gasteiger partial charge in [-0.2, -0.15) is 0 Å². The summed E-state index contributed by atoms with van der Waals surface area (Å²) in [5, 5.41) is 17.9. The molecule has 0 fully saturated rings. The fourth-order valence-corrected chi connectivity index (χ4v) is 2.31. The predicted molar refractivity (Wildman–Crippen MR) is 58.7 cm³/mol. The monoisotopic (exact) mass is 254 g/mol. The zero-order valence-corrected chi connectivity index (χ0v) is 10.5. The summed E-state index contributed by atoms with van der Waals surface area (Å²) in [5.74, 6) is -0.404. The zero-order valence-electron chi connectivity index (χ0n) is 9.66. The van der Waals surface area contributed by atoms with Crippen LogP contribution < -0.4 is 0 Å². The standard InChI is InChI=1S/C9H21NO5S/c1-8(2)5-9(6-12)10(3-4-11)7-16(13,14)15/h8-9,11-12H,3-7H2,1-2H3,(H,13,14,15)/p-1. The molecule has 6 nitrogen and oxygen atoms in total. The van der Waals surface area contributed by atoms with Crippen molar-refractivity contribution in [2.75, 3.05) is 25.6 Å². The molecule has 0 aromatic carbocycles. The van der Waals surface area contributed by atoms with E-state index in [9.17, 15) is 13.0 Å². The van der Waals surface area contributed by atoms with Gasteiger partial charge >= 0.3 is 0 Å². The molecule has 0 aliphatic rings. The van der Waals surface area contributed by atoms with Crippen molar-refractivity contribution in [2.24, 2.45) is 5.92 Å². The third-order valence-corrected chi connectivity index (χ3v) is 2.83. The van der Waals surface area contributed by atoms with Gasteiger partial charge < -0.3 is 14.8 Å². The van der Waals surface area contributed by atoms with Gasteiger partial charge in [-0.25, -0.2) is 8.42 Å². The van der Waals surface area contributed by atoms with Gasteiger partial charge in [-0.15, -0.1) is 0 Å². The highest BCUT2D eigenvalue weighted by Crippen LogP contribution is 2.11. The molecule has 2 N–H and O–H groups in total. The molecule has 0 bridgehead atoms. The Morgan fingerprint density at radius 2 is 1.88 bits per heavy atom. The van der Waals surface area contributed by atoms with Crippen LogP contribution in [-0.2, 0) is 10.1 Å². The topological polar surface area (TPSA) is 101 Å². The highest BCUT2D eigenvalue weighted by Gasteiger charge is 2.20. The minimum atomic E-state index is -4.38. The largest absolute Gasteiger partial charge is 0.747 e. The molecular weight excluding hydrogens is 234 g/mol. The summed E-state index contributed by atoms with van der Waals surface area (Å²) in [4.78, 5) is 1.31. The lowest BCUT2D eigenvalue weighted by molar-refractivity contribution is 0.102. The molecule has 0 aromatic rings. The maximum atomic E-state index is 10.7. The van der Waals surface area contributed by atoms with E-state index in [1.165, 1.54) is 4.90 Å². The molecule has 0 amide bonds. The van der Waals surface area contributed by atoms with Crippen molar-refractivity contribution in [3.63, 3.8) is 0 Å². The average Bonchev–Trinajstić information content (AvgIpc) is 2.11. The number of hydrogen-bond acceptors (Lipinski definition) is 6. The molecule has 0 spiro atoms. The van der Waals surface area contributed by atoms with Crippen molar-refractivity contribution in [2.45, 2.75) is 26.3 Å². The molecule has 0 radical (unpaired) electrons. The predicted octanol–water partition coefficient (Wildman–Crippen LogP) is -0.810. The Morgan fingerprint density at radius 3 is 2.19 bits per heavy atom. The lowest BCUT2D eigenvalue weighted by Crippen LogP contribution is -2.43. The van der Waals surface area contributed by atoms with Crippen molar-refractivity contribution in [3.05, 3.63) is 0 Å². The molecule has 0 heterocycles. The Bertz CT molecular complexity index is 278. The van der Waals surface area contributed by atoms with Crippen LogP contribution in [0.2, 0.25) is 0 Å². The second-order valence-electron chi connectivity index (χ2n) is 4.19. The van der Waals surface area contributed by atoms with Crippen LogP contribution in [0.15, 0.2) is 0 Å². The molecule has 0 aliphatic carbocycles. The minimum absolute atomic E-state index is 0.0689. The summed E-state index contributed by atoms with van der Waals surface area (Å²) in [7, 11) is -4.38. The van der Waals surface area contributed by atoms with Crippen LogP contribution in [-0.4, -0.2) is 59.8 Å². The van der Waals surface area contributed by atoms with E-state index >= 15 is 0 Å². The van der Waals surface area contributed by atoms with Gasteiger partial charge in [-0.1, -0.05) is 13.8 Å². The quantitative estimate of drug-likeness (QED) is 0.549. The minimum Gasteiger partial charge on any atom is -0.747 e. The normalized spacial score (nSPS) is 14.7. The first-order valence-corrected chi connectivity index (χ1v) is 6.77. The number of hydrogen-bond donors (Lipinski definition) is 2. The SMILES string of the molecule is CC(C)CC(CO)N(CCO)CS(=O)(=O)[O-]. The molecule has 0 rings (SSSR count). The van der Waals surface area contributed by atoms with Crippen LogP contribution in [0.1, 0.15) is 20.3 Å². The van der Waals surface area contributed by atoms with Crippen molar-refractivity contribution in [3.8, 4) is 0 Å². The average molecular weight is 254 g/mol. The van der Waals surface area contributed by atoms with Crippen LogP contribution in [0.25, 0.3) is 0 Å². The van der Waals surface area contributed by atoms with Crippen molar-refractivity contribution >= 4 is 10.1 Å². The summed E-state index contributed by atoms with van der Waals surface area (Å²) in [6, 6.07) is -0.407. The first kappa shape index (κ1) is 15.8. The number of nitrogens with zero attached hydrogens (tertiary/aromatic N) is 1. The Kier molecular flexibility index (Phi) is 7.09. The molecule has 1 unspecified atom stereocenters. The molecule has 98 valence electrons. The fraction of sp³-hybridized carbons (Fsp3) is 1.00. The van der Waals surface area contributed by atoms with Gasteiger partial charge in [0.25, 0.3) is 0 Å². The van der Waals surface area contributed by atoms with E-state index in [1.807, 2.05) is 13.8 Å². The van der Waals surface area contributed by atoms with Gasteiger partial charge in [0.2, 0.25) is 0 Å². The maximum absolute atomic E-state index is 10.7. The molecule has 0 aliphatic heterocycles. The van der Waals surface area contributed by atoms with Crippen LogP contribution >= 0.6 is 0 Å². The van der Waals surface area contributed by atoms with E-state index in [-0.39, 0.29) is 25.7 Å². The van der Waals surface area contributed by atoms with E-state index in [1.54, 1.807) is 0 Å². The lowest BCUT2D eigenvalue weighted by Gasteiger charge is -2.31. The third-order valence-electron chi connectivity index (χ3n) is 2.18. The van der Waals surface area contributed by atoms with Crippen LogP contribution in [0.5, 0.6) is 0 Å². The van der Waals surface area contributed by atoms with Gasteiger partial charge in [-0.3, -0.25) is 4.90 Å². The Labute approximate surface area is 96.6 Å². The molecule has 16 heavy (non-hydrogen) atoms. The molecule has 0 saturated carbocycles. The number of aliphatic hydroxyl groups is 2. The van der Waals surface area contributed by atoms with Gasteiger partial charge in [-0.05, 0) is 12.3 Å². The number of rotatable bonds is 8. The van der Waals surface area contributed by atoms with E-state index < -0.39 is 22.0 Å². The van der Waals surface area contributed by atoms with Gasteiger partial charge in [0.15, 0.2) is 0 Å². The first-order valence-electron chi connectivity index (χ1n) is 5.19. The summed E-state index contributed by atoms with van der Waals surface area (Å²) in [6.07, 6.45) is 0.575. The summed E-state index contributed by atoms with van der Waals surface area (Å²) in [6.45, 7) is 3.47. The van der Waals surface area contributed by atoms with Crippen LogP contribution in [0.3, 0.4) is 0 Å². The Morgan fingerprint density at radius 1 is 1.31 bits per heavy atom. The molecular formula is C9H20NO5S-. The van der Waals surface area contributed by atoms with Crippen LogP contribution in [0, 0.1) is 5.92 Å². The molecule has 1 atom stereocenters. The second kappa shape index (κ2) is 7.18. The van der Waals surface area contributed by atoms with Crippen molar-refractivity contribution in [1.82, 2.24) is 4.90 Å². The smallest absolute Gasteiger partial charge is 0.108 e. The van der Waals surface area contributed by atoms with Crippen LogP contribution in [0.4, 0.5) is 0 Å². The van der Waals surface area contributed by atoms with E-state index in [0.29, 0.717) is 6.42 Å². The second-order valence-corrected chi connectivity index (χ2v) is 5.56. The lowest BCUT2D eigenvalue weighted by atomic mass is 10.0. The van der Waals surface area contributed by atoms with E-state index in [4.69, 9.17) is 10.2 Å². The zero-order chi connectivity index (χ0) is 12.8. The van der Waals surface area contributed by atoms with Gasteiger partial charge in [0.05, 0.1) is 19.1 Å². The number of aliphatic hydroxyl groups excluding tert-OH is 2. The van der Waals surface area contributed by atoms with Gasteiger partial charge in [0, 0.05) is 12.6 Å². The molecule has 0 aromatic heterocycles.